The monoisotopic (exact) mass is 378 g/mol. The molecule has 0 bridgehead atoms. The molecule has 2 aromatic carbocycles. The Morgan fingerprint density at radius 3 is 2.63 bits per heavy atom. The lowest BCUT2D eigenvalue weighted by atomic mass is 10.0. The molecule has 0 fully saturated rings. The molecule has 0 saturated heterocycles. The molecular formula is C20H11ClN2O4. The second-order valence-electron chi connectivity index (χ2n) is 5.52. The molecule has 3 rings (SSSR count). The summed E-state index contributed by atoms with van der Waals surface area (Å²) in [6.07, 6.45) is 1.30. The Morgan fingerprint density at radius 2 is 1.93 bits per heavy atom. The number of allylic oxidation sites excluding steroid dienone is 1. The van der Waals surface area contributed by atoms with E-state index in [2.05, 4.69) is 0 Å². The summed E-state index contributed by atoms with van der Waals surface area (Å²) in [4.78, 5) is 22.8. The molecule has 0 unspecified atom stereocenters. The van der Waals surface area contributed by atoms with E-state index in [0.29, 0.717) is 16.5 Å². The highest BCUT2D eigenvalue weighted by atomic mass is 35.5. The fourth-order valence-electron chi connectivity index (χ4n) is 2.43. The maximum atomic E-state index is 12.5. The van der Waals surface area contributed by atoms with E-state index in [9.17, 15) is 20.2 Å². The summed E-state index contributed by atoms with van der Waals surface area (Å²) in [5.41, 5.74) is 0.395. The van der Waals surface area contributed by atoms with Crippen molar-refractivity contribution in [3.05, 3.63) is 92.7 Å². The molecule has 0 spiro atoms. The van der Waals surface area contributed by atoms with Crippen LogP contribution < -0.4 is 0 Å². The van der Waals surface area contributed by atoms with Crippen molar-refractivity contribution in [3.8, 4) is 17.4 Å². The van der Waals surface area contributed by atoms with Crippen molar-refractivity contribution >= 4 is 29.1 Å². The van der Waals surface area contributed by atoms with E-state index in [1.54, 1.807) is 30.3 Å². The van der Waals surface area contributed by atoms with Gasteiger partial charge in [-0.2, -0.15) is 5.26 Å². The Labute approximate surface area is 159 Å². The van der Waals surface area contributed by atoms with Gasteiger partial charge in [0.2, 0.25) is 5.78 Å². The number of nitriles is 1. The zero-order chi connectivity index (χ0) is 19.4. The molecular weight excluding hydrogens is 368 g/mol. The Hall–Kier alpha value is -3.69. The van der Waals surface area contributed by atoms with E-state index < -0.39 is 10.7 Å². The fourth-order valence-corrected chi connectivity index (χ4v) is 2.62. The minimum atomic E-state index is -0.623. The van der Waals surface area contributed by atoms with Gasteiger partial charge >= 0.3 is 0 Å². The molecule has 3 aromatic rings. The number of hydrogen-bond acceptors (Lipinski definition) is 5. The first-order valence-electron chi connectivity index (χ1n) is 7.74. The van der Waals surface area contributed by atoms with Crippen molar-refractivity contribution in [1.82, 2.24) is 0 Å². The van der Waals surface area contributed by atoms with E-state index in [4.69, 9.17) is 16.0 Å². The highest BCUT2D eigenvalue weighted by molar-refractivity contribution is 6.30. The Balaban J connectivity index is 1.91. The van der Waals surface area contributed by atoms with Crippen molar-refractivity contribution in [2.75, 3.05) is 0 Å². The number of non-ortho nitro benzene ring substituents is 1. The van der Waals surface area contributed by atoms with Crippen LogP contribution in [0.3, 0.4) is 0 Å². The lowest BCUT2D eigenvalue weighted by Gasteiger charge is -2.00. The van der Waals surface area contributed by atoms with Crippen molar-refractivity contribution in [3.63, 3.8) is 0 Å². The molecule has 0 N–H and O–H groups in total. The van der Waals surface area contributed by atoms with Gasteiger partial charge in [-0.25, -0.2) is 0 Å². The number of hydrogen-bond donors (Lipinski definition) is 0. The summed E-state index contributed by atoms with van der Waals surface area (Å²) in [5, 5.41) is 20.7. The number of nitrogens with zero attached hydrogens (tertiary/aromatic N) is 2. The van der Waals surface area contributed by atoms with Crippen LogP contribution in [0, 0.1) is 21.4 Å². The van der Waals surface area contributed by atoms with Crippen LogP contribution >= 0.6 is 11.6 Å². The second kappa shape index (κ2) is 7.68. The van der Waals surface area contributed by atoms with Gasteiger partial charge in [0.25, 0.3) is 5.69 Å². The molecule has 132 valence electrons. The molecule has 0 amide bonds. The highest BCUT2D eigenvalue weighted by Crippen LogP contribution is 2.26. The van der Waals surface area contributed by atoms with Gasteiger partial charge in [0, 0.05) is 34.4 Å². The third kappa shape index (κ3) is 4.11. The number of nitro groups is 1. The van der Waals surface area contributed by atoms with Crippen LogP contribution in [0.1, 0.15) is 16.1 Å². The summed E-state index contributed by atoms with van der Waals surface area (Å²) >= 11 is 5.96. The molecule has 0 aliphatic heterocycles. The molecule has 0 aliphatic rings. The van der Waals surface area contributed by atoms with Crippen LogP contribution in [-0.4, -0.2) is 10.7 Å². The topological polar surface area (TPSA) is 97.1 Å². The molecule has 1 aromatic heterocycles. The number of Topliss-reactive ketones (excluding diaryl/α,β-unsaturated/α-hetero) is 1. The van der Waals surface area contributed by atoms with Crippen LogP contribution in [0.5, 0.6) is 0 Å². The third-order valence-electron chi connectivity index (χ3n) is 3.71. The van der Waals surface area contributed by atoms with E-state index in [1.165, 1.54) is 24.3 Å². The van der Waals surface area contributed by atoms with Crippen LogP contribution in [0.2, 0.25) is 5.02 Å². The largest absolute Gasteiger partial charge is 0.457 e. The maximum absolute atomic E-state index is 12.5. The van der Waals surface area contributed by atoms with Crippen molar-refractivity contribution in [1.29, 1.82) is 5.26 Å². The first-order chi connectivity index (χ1) is 13.0. The summed E-state index contributed by atoms with van der Waals surface area (Å²) in [7, 11) is 0. The Kier molecular flexibility index (Phi) is 5.15. The molecule has 0 saturated carbocycles. The van der Waals surface area contributed by atoms with Crippen LogP contribution in [0.25, 0.3) is 17.4 Å². The molecule has 0 radical (unpaired) electrons. The number of nitro benzene ring substituents is 1. The SMILES string of the molecule is N#C/C(=C\c1ccc(-c2cccc(Cl)c2)o1)C(=O)c1cccc([N+](=O)[O-])c1. The summed E-state index contributed by atoms with van der Waals surface area (Å²) in [6, 6.07) is 17.4. The first kappa shape index (κ1) is 18.1. The maximum Gasteiger partial charge on any atom is 0.270 e. The molecule has 1 heterocycles. The van der Waals surface area contributed by atoms with E-state index >= 15 is 0 Å². The molecule has 27 heavy (non-hydrogen) atoms. The van der Waals surface area contributed by atoms with Gasteiger partial charge in [0.15, 0.2) is 0 Å². The van der Waals surface area contributed by atoms with Crippen molar-refractivity contribution in [2.45, 2.75) is 0 Å². The number of rotatable bonds is 5. The number of halogens is 1. The standard InChI is InChI=1S/C20H11ClN2O4/c21-16-5-1-3-13(9-16)19-8-7-18(27-19)11-15(12-22)20(24)14-4-2-6-17(10-14)23(25)26/h1-11H/b15-11+. The van der Waals surface area contributed by atoms with Crippen LogP contribution in [-0.2, 0) is 0 Å². The Bertz CT molecular complexity index is 1110. The van der Waals surface area contributed by atoms with E-state index in [-0.39, 0.29) is 16.8 Å². The minimum absolute atomic E-state index is 0.0543. The average molecular weight is 379 g/mol. The molecule has 7 heteroatoms. The molecule has 0 aliphatic carbocycles. The van der Waals surface area contributed by atoms with Gasteiger partial charge in [-0.3, -0.25) is 14.9 Å². The normalized spacial score (nSPS) is 11.0. The third-order valence-corrected chi connectivity index (χ3v) is 3.94. The number of carbonyl (C=O) groups is 1. The summed E-state index contributed by atoms with van der Waals surface area (Å²) < 4.78 is 5.66. The van der Waals surface area contributed by atoms with Gasteiger partial charge < -0.3 is 4.42 Å². The second-order valence-corrected chi connectivity index (χ2v) is 5.96. The van der Waals surface area contributed by atoms with Gasteiger partial charge in [0.05, 0.1) is 4.92 Å². The lowest BCUT2D eigenvalue weighted by molar-refractivity contribution is -0.384. The van der Waals surface area contributed by atoms with Gasteiger partial charge in [0.1, 0.15) is 23.2 Å². The molecule has 6 nitrogen and oxygen atoms in total. The van der Waals surface area contributed by atoms with Gasteiger partial charge in [-0.15, -0.1) is 0 Å². The minimum Gasteiger partial charge on any atom is -0.457 e. The Morgan fingerprint density at radius 1 is 1.15 bits per heavy atom. The molecule has 0 atom stereocenters. The number of furan rings is 1. The average Bonchev–Trinajstić information content (AvgIpc) is 3.14. The van der Waals surface area contributed by atoms with Crippen LogP contribution in [0.15, 0.2) is 70.7 Å². The predicted octanol–water partition coefficient (Wildman–Crippen LogP) is 5.30. The van der Waals surface area contributed by atoms with E-state index in [0.717, 1.165) is 11.6 Å². The predicted molar refractivity (Wildman–Crippen MR) is 100 cm³/mol. The zero-order valence-electron chi connectivity index (χ0n) is 13.8. The van der Waals surface area contributed by atoms with Gasteiger partial charge in [-0.05, 0) is 24.3 Å². The summed E-state index contributed by atoms with van der Waals surface area (Å²) in [5.74, 6) is 0.214. The first-order valence-corrected chi connectivity index (χ1v) is 8.12. The smallest absolute Gasteiger partial charge is 0.270 e. The van der Waals surface area contributed by atoms with Crippen LogP contribution in [0.4, 0.5) is 5.69 Å². The number of benzene rings is 2. The summed E-state index contributed by atoms with van der Waals surface area (Å²) in [6.45, 7) is 0. The van der Waals surface area contributed by atoms with Gasteiger partial charge in [-0.1, -0.05) is 35.9 Å². The van der Waals surface area contributed by atoms with E-state index in [1.807, 2.05) is 12.1 Å². The zero-order valence-corrected chi connectivity index (χ0v) is 14.5. The number of ketones is 1. The van der Waals surface area contributed by atoms with Crippen molar-refractivity contribution in [2.24, 2.45) is 0 Å². The number of carbonyl (C=O) groups excluding carboxylic acids is 1. The lowest BCUT2D eigenvalue weighted by Crippen LogP contribution is -2.02. The highest BCUT2D eigenvalue weighted by Gasteiger charge is 2.16. The fraction of sp³-hybridized carbons (Fsp3) is 0. The van der Waals surface area contributed by atoms with Crippen molar-refractivity contribution < 1.29 is 14.1 Å². The quantitative estimate of drug-likeness (QED) is 0.197.